The van der Waals surface area contributed by atoms with Crippen LogP contribution in [0.1, 0.15) is 18.5 Å². The summed E-state index contributed by atoms with van der Waals surface area (Å²) in [7, 11) is 0. The lowest BCUT2D eigenvalue weighted by Gasteiger charge is -2.03. The summed E-state index contributed by atoms with van der Waals surface area (Å²) in [5, 5.41) is 3.34. The van der Waals surface area contributed by atoms with E-state index in [4.69, 9.17) is 4.42 Å². The SMILES string of the molecule is FC(F)Oc1ccc(-c2nc(CNC3CC3)co2)cc1. The molecule has 0 unspecified atom stereocenters. The average Bonchev–Trinajstić information content (AvgIpc) is 3.14. The lowest BCUT2D eigenvalue weighted by Crippen LogP contribution is -2.15. The highest BCUT2D eigenvalue weighted by atomic mass is 19.3. The summed E-state index contributed by atoms with van der Waals surface area (Å²) in [4.78, 5) is 4.35. The number of ether oxygens (including phenoxy) is 1. The number of alkyl halides is 2. The van der Waals surface area contributed by atoms with E-state index in [0.717, 1.165) is 11.3 Å². The van der Waals surface area contributed by atoms with Crippen molar-refractivity contribution in [2.75, 3.05) is 0 Å². The number of nitrogens with one attached hydrogen (secondary N) is 1. The van der Waals surface area contributed by atoms with Crippen molar-refractivity contribution in [2.24, 2.45) is 0 Å². The van der Waals surface area contributed by atoms with Gasteiger partial charge in [0, 0.05) is 18.2 Å². The molecule has 3 rings (SSSR count). The minimum absolute atomic E-state index is 0.117. The van der Waals surface area contributed by atoms with Gasteiger partial charge in [-0.05, 0) is 37.1 Å². The number of hydrogen-bond acceptors (Lipinski definition) is 4. The van der Waals surface area contributed by atoms with Crippen LogP contribution in [0.4, 0.5) is 8.78 Å². The predicted molar refractivity (Wildman–Crippen MR) is 68.4 cm³/mol. The predicted octanol–water partition coefficient (Wildman–Crippen LogP) is 3.20. The van der Waals surface area contributed by atoms with Crippen molar-refractivity contribution in [3.63, 3.8) is 0 Å². The number of nitrogens with zero attached hydrogens (tertiary/aromatic N) is 1. The third-order valence-electron chi connectivity index (χ3n) is 3.03. The Kier molecular flexibility index (Phi) is 3.64. The van der Waals surface area contributed by atoms with E-state index in [1.165, 1.54) is 25.0 Å². The van der Waals surface area contributed by atoms with Crippen molar-refractivity contribution in [1.29, 1.82) is 0 Å². The minimum atomic E-state index is -2.82. The molecule has 1 aromatic carbocycles. The van der Waals surface area contributed by atoms with E-state index < -0.39 is 6.61 Å². The van der Waals surface area contributed by atoms with E-state index in [0.29, 0.717) is 18.5 Å². The number of rotatable bonds is 6. The molecule has 6 heteroatoms. The van der Waals surface area contributed by atoms with Gasteiger partial charge in [-0.2, -0.15) is 8.78 Å². The van der Waals surface area contributed by atoms with E-state index in [9.17, 15) is 8.78 Å². The molecule has 1 N–H and O–H groups in total. The number of benzene rings is 1. The van der Waals surface area contributed by atoms with Crippen LogP contribution in [0.3, 0.4) is 0 Å². The van der Waals surface area contributed by atoms with Crippen LogP contribution in [-0.4, -0.2) is 17.6 Å². The second kappa shape index (κ2) is 5.58. The van der Waals surface area contributed by atoms with Crippen molar-refractivity contribution >= 4 is 0 Å². The van der Waals surface area contributed by atoms with Gasteiger partial charge in [-0.15, -0.1) is 0 Å². The third kappa shape index (κ3) is 3.33. The Balaban J connectivity index is 1.65. The Hall–Kier alpha value is -1.95. The molecule has 0 atom stereocenters. The number of oxazole rings is 1. The van der Waals surface area contributed by atoms with Gasteiger partial charge in [0.15, 0.2) is 0 Å². The first-order chi connectivity index (χ1) is 9.70. The highest BCUT2D eigenvalue weighted by Gasteiger charge is 2.20. The zero-order valence-corrected chi connectivity index (χ0v) is 10.7. The van der Waals surface area contributed by atoms with Crippen molar-refractivity contribution in [2.45, 2.75) is 32.0 Å². The molecule has 2 aromatic rings. The fourth-order valence-electron chi connectivity index (χ4n) is 1.84. The summed E-state index contributed by atoms with van der Waals surface area (Å²) in [6.07, 6.45) is 4.04. The molecule has 1 fully saturated rings. The first-order valence-electron chi connectivity index (χ1n) is 6.44. The zero-order valence-electron chi connectivity index (χ0n) is 10.7. The van der Waals surface area contributed by atoms with Crippen LogP contribution in [0, 0.1) is 0 Å². The Morgan fingerprint density at radius 1 is 1.30 bits per heavy atom. The molecule has 0 aliphatic heterocycles. The molecule has 1 saturated carbocycles. The van der Waals surface area contributed by atoms with E-state index in [2.05, 4.69) is 15.0 Å². The van der Waals surface area contributed by atoms with E-state index in [1.54, 1.807) is 18.4 Å². The van der Waals surface area contributed by atoms with Crippen LogP contribution in [0.15, 0.2) is 34.9 Å². The summed E-state index contributed by atoms with van der Waals surface area (Å²) < 4.78 is 33.8. The van der Waals surface area contributed by atoms with Crippen LogP contribution >= 0.6 is 0 Å². The maximum atomic E-state index is 12.0. The van der Waals surface area contributed by atoms with Gasteiger partial charge >= 0.3 is 6.61 Å². The summed E-state index contributed by atoms with van der Waals surface area (Å²) in [5.74, 6) is 0.590. The van der Waals surface area contributed by atoms with Gasteiger partial charge in [0.2, 0.25) is 5.89 Å². The molecule has 4 nitrogen and oxygen atoms in total. The van der Waals surface area contributed by atoms with Gasteiger partial charge < -0.3 is 14.5 Å². The average molecular weight is 280 g/mol. The summed E-state index contributed by atoms with van der Waals surface area (Å²) in [5.41, 5.74) is 1.56. The largest absolute Gasteiger partial charge is 0.444 e. The van der Waals surface area contributed by atoms with Crippen molar-refractivity contribution in [3.05, 3.63) is 36.2 Å². The summed E-state index contributed by atoms with van der Waals surface area (Å²) in [6, 6.07) is 6.83. The van der Waals surface area contributed by atoms with Gasteiger partial charge in [0.25, 0.3) is 0 Å². The molecule has 20 heavy (non-hydrogen) atoms. The molecule has 1 heterocycles. The molecule has 1 aromatic heterocycles. The molecule has 106 valence electrons. The Morgan fingerprint density at radius 2 is 2.05 bits per heavy atom. The van der Waals surface area contributed by atoms with Crippen LogP contribution in [0.5, 0.6) is 5.75 Å². The standard InChI is InChI=1S/C14H14F2N2O2/c15-14(16)20-12-5-1-9(2-6-12)13-18-11(8-19-13)7-17-10-3-4-10/h1-2,5-6,8,10,14,17H,3-4,7H2. The molecule has 0 saturated heterocycles. The smallest absolute Gasteiger partial charge is 0.387 e. The van der Waals surface area contributed by atoms with E-state index in [1.807, 2.05) is 0 Å². The highest BCUT2D eigenvalue weighted by molar-refractivity contribution is 5.54. The quantitative estimate of drug-likeness (QED) is 0.882. The highest BCUT2D eigenvalue weighted by Crippen LogP contribution is 2.23. The first kappa shape index (κ1) is 13.1. The van der Waals surface area contributed by atoms with Gasteiger partial charge in [-0.25, -0.2) is 4.98 Å². The van der Waals surface area contributed by atoms with Gasteiger partial charge in [0.1, 0.15) is 12.0 Å². The molecule has 1 aliphatic carbocycles. The Labute approximate surface area is 114 Å². The Morgan fingerprint density at radius 3 is 2.70 bits per heavy atom. The van der Waals surface area contributed by atoms with Crippen molar-refractivity contribution in [1.82, 2.24) is 10.3 Å². The van der Waals surface area contributed by atoms with E-state index in [-0.39, 0.29) is 5.75 Å². The lowest BCUT2D eigenvalue weighted by molar-refractivity contribution is -0.0498. The second-order valence-corrected chi connectivity index (χ2v) is 4.70. The minimum Gasteiger partial charge on any atom is -0.444 e. The summed E-state index contributed by atoms with van der Waals surface area (Å²) >= 11 is 0. The van der Waals surface area contributed by atoms with Crippen molar-refractivity contribution < 1.29 is 17.9 Å². The van der Waals surface area contributed by atoms with Gasteiger partial charge in [-0.1, -0.05) is 0 Å². The monoisotopic (exact) mass is 280 g/mol. The second-order valence-electron chi connectivity index (χ2n) is 4.70. The topological polar surface area (TPSA) is 47.3 Å². The molecule has 0 spiro atoms. The first-order valence-corrected chi connectivity index (χ1v) is 6.44. The number of hydrogen-bond donors (Lipinski definition) is 1. The van der Waals surface area contributed by atoms with Crippen LogP contribution in [0.25, 0.3) is 11.5 Å². The van der Waals surface area contributed by atoms with Crippen LogP contribution in [-0.2, 0) is 6.54 Å². The maximum Gasteiger partial charge on any atom is 0.387 e. The van der Waals surface area contributed by atoms with Crippen LogP contribution < -0.4 is 10.1 Å². The third-order valence-corrected chi connectivity index (χ3v) is 3.03. The summed E-state index contributed by atoms with van der Waals surface area (Å²) in [6.45, 7) is -2.14. The van der Waals surface area contributed by atoms with E-state index >= 15 is 0 Å². The normalized spacial score (nSPS) is 14.8. The van der Waals surface area contributed by atoms with Crippen LogP contribution in [0.2, 0.25) is 0 Å². The molecular weight excluding hydrogens is 266 g/mol. The maximum absolute atomic E-state index is 12.0. The number of halogens is 2. The van der Waals surface area contributed by atoms with Gasteiger partial charge in [-0.3, -0.25) is 0 Å². The lowest BCUT2D eigenvalue weighted by atomic mass is 10.2. The molecule has 1 aliphatic rings. The number of aromatic nitrogens is 1. The van der Waals surface area contributed by atoms with Gasteiger partial charge in [0.05, 0.1) is 5.69 Å². The zero-order chi connectivity index (χ0) is 13.9. The Bertz CT molecular complexity index is 565. The fraction of sp³-hybridized carbons (Fsp3) is 0.357. The molecular formula is C14H14F2N2O2. The molecule has 0 bridgehead atoms. The fourth-order valence-corrected chi connectivity index (χ4v) is 1.84. The van der Waals surface area contributed by atoms with Crippen molar-refractivity contribution in [3.8, 4) is 17.2 Å². The molecule has 0 amide bonds. The molecule has 0 radical (unpaired) electrons.